The Morgan fingerprint density at radius 2 is 2.09 bits per heavy atom. The van der Waals surface area contributed by atoms with Gasteiger partial charge in [0.2, 0.25) is 0 Å². The van der Waals surface area contributed by atoms with Gasteiger partial charge in [0.25, 0.3) is 0 Å². The minimum Gasteiger partial charge on any atom is -0.333 e. The van der Waals surface area contributed by atoms with Crippen LogP contribution in [0.5, 0.6) is 0 Å². The molecule has 0 aliphatic heterocycles. The summed E-state index contributed by atoms with van der Waals surface area (Å²) in [5, 5.41) is 2.90. The summed E-state index contributed by atoms with van der Waals surface area (Å²) in [6.45, 7) is 1.78. The number of fused-ring (bicyclic) bond motifs is 1. The second-order valence-electron chi connectivity index (χ2n) is 5.98. The van der Waals surface area contributed by atoms with Crippen LogP contribution >= 0.6 is 27.3 Å². The van der Waals surface area contributed by atoms with Crippen molar-refractivity contribution in [3.05, 3.63) is 67.5 Å². The first kappa shape index (κ1) is 15.1. The molecule has 1 aromatic carbocycles. The van der Waals surface area contributed by atoms with Crippen molar-refractivity contribution in [1.82, 2.24) is 9.47 Å². The summed E-state index contributed by atoms with van der Waals surface area (Å²) >= 11 is 5.41. The first-order valence-electron chi connectivity index (χ1n) is 7.76. The predicted octanol–water partition coefficient (Wildman–Crippen LogP) is 4.45. The van der Waals surface area contributed by atoms with E-state index in [-0.39, 0.29) is 5.43 Å². The summed E-state index contributed by atoms with van der Waals surface area (Å²) in [6.07, 6.45) is 4.45. The van der Waals surface area contributed by atoms with Crippen LogP contribution in [0.15, 0.2) is 57.2 Å². The number of para-hydroxylation sites is 1. The highest BCUT2D eigenvalue weighted by Crippen LogP contribution is 2.31. The lowest BCUT2D eigenvalue weighted by molar-refractivity contribution is 0.203. The summed E-state index contributed by atoms with van der Waals surface area (Å²) in [4.78, 5) is 16.0. The molecule has 0 bridgehead atoms. The van der Waals surface area contributed by atoms with Crippen LogP contribution in [0.2, 0.25) is 0 Å². The fourth-order valence-corrected chi connectivity index (χ4v) is 4.30. The molecule has 0 N–H and O–H groups in total. The molecule has 0 saturated heterocycles. The molecule has 4 rings (SSSR count). The highest BCUT2D eigenvalue weighted by Gasteiger charge is 2.29. The number of rotatable bonds is 5. The Hall–Kier alpha value is -1.43. The van der Waals surface area contributed by atoms with Gasteiger partial charge < -0.3 is 4.57 Å². The van der Waals surface area contributed by atoms with Gasteiger partial charge in [-0.3, -0.25) is 9.69 Å². The molecule has 0 atom stereocenters. The summed E-state index contributed by atoms with van der Waals surface area (Å²) in [5.41, 5.74) is 1.06. The van der Waals surface area contributed by atoms with Crippen molar-refractivity contribution in [3.63, 3.8) is 0 Å². The molecule has 3 nitrogen and oxygen atoms in total. The smallest absolute Gasteiger partial charge is 0.189 e. The number of thiophene rings is 1. The average molecular weight is 389 g/mol. The first-order valence-corrected chi connectivity index (χ1v) is 9.44. The molecule has 1 saturated carbocycles. The highest BCUT2D eigenvalue weighted by atomic mass is 79.9. The third-order valence-electron chi connectivity index (χ3n) is 4.28. The minimum absolute atomic E-state index is 0.0776. The van der Waals surface area contributed by atoms with E-state index < -0.39 is 0 Å². The lowest BCUT2D eigenvalue weighted by atomic mass is 10.2. The van der Waals surface area contributed by atoms with Crippen molar-refractivity contribution in [2.75, 3.05) is 0 Å². The summed E-state index contributed by atoms with van der Waals surface area (Å²) in [6, 6.07) is 12.5. The van der Waals surface area contributed by atoms with Crippen molar-refractivity contribution in [1.29, 1.82) is 0 Å². The molecule has 1 aliphatic rings. The third-order valence-corrected chi connectivity index (χ3v) is 5.78. The topological polar surface area (TPSA) is 25.2 Å². The molecule has 1 aliphatic carbocycles. The van der Waals surface area contributed by atoms with Gasteiger partial charge in [-0.05, 0) is 52.4 Å². The standard InChI is InChI=1S/C18H17BrN2OS/c19-16-5-1-4-15-17(22)8-9-20(18(15)16)12-21(13-6-7-13)11-14-3-2-10-23-14/h1-5,8-10,13H,6-7,11-12H2. The molecule has 2 aromatic heterocycles. The van der Waals surface area contributed by atoms with Crippen molar-refractivity contribution >= 4 is 38.2 Å². The molecule has 5 heteroatoms. The second kappa shape index (κ2) is 6.23. The molecular formula is C18H17BrN2OS. The summed E-state index contributed by atoms with van der Waals surface area (Å²) in [5.74, 6) is 0. The number of hydrogen-bond donors (Lipinski definition) is 0. The molecule has 1 fully saturated rings. The Labute approximate surface area is 147 Å². The summed E-state index contributed by atoms with van der Waals surface area (Å²) in [7, 11) is 0. The van der Waals surface area contributed by atoms with Gasteiger partial charge in [0.05, 0.1) is 12.2 Å². The van der Waals surface area contributed by atoms with E-state index >= 15 is 0 Å². The van der Waals surface area contributed by atoms with Crippen LogP contribution in [-0.2, 0) is 13.2 Å². The van der Waals surface area contributed by atoms with Crippen LogP contribution < -0.4 is 5.43 Å². The SMILES string of the molecule is O=c1ccn(CN(Cc2cccs2)C2CC2)c2c(Br)cccc12. The Balaban J connectivity index is 1.71. The Morgan fingerprint density at radius 3 is 2.83 bits per heavy atom. The Morgan fingerprint density at radius 1 is 1.22 bits per heavy atom. The maximum absolute atomic E-state index is 12.1. The van der Waals surface area contributed by atoms with Gasteiger partial charge in [0.15, 0.2) is 5.43 Å². The second-order valence-corrected chi connectivity index (χ2v) is 7.87. The molecule has 0 unspecified atom stereocenters. The van der Waals surface area contributed by atoms with Gasteiger partial charge in [-0.2, -0.15) is 0 Å². The number of nitrogens with zero attached hydrogens (tertiary/aromatic N) is 2. The lowest BCUT2D eigenvalue weighted by Crippen LogP contribution is -2.28. The third kappa shape index (κ3) is 3.13. The fourth-order valence-electron chi connectivity index (χ4n) is 2.98. The summed E-state index contributed by atoms with van der Waals surface area (Å²) < 4.78 is 3.16. The van der Waals surface area contributed by atoms with Crippen LogP contribution in [-0.4, -0.2) is 15.5 Å². The molecule has 3 aromatic rings. The van der Waals surface area contributed by atoms with E-state index in [1.54, 1.807) is 17.4 Å². The van der Waals surface area contributed by atoms with E-state index in [2.05, 4.69) is 42.9 Å². The van der Waals surface area contributed by atoms with Gasteiger partial charge in [0.1, 0.15) is 0 Å². The van der Waals surface area contributed by atoms with E-state index in [1.165, 1.54) is 17.7 Å². The van der Waals surface area contributed by atoms with Crippen LogP contribution in [0, 0.1) is 0 Å². The number of pyridine rings is 1. The van der Waals surface area contributed by atoms with Gasteiger partial charge in [-0.25, -0.2) is 0 Å². The molecule has 2 heterocycles. The van der Waals surface area contributed by atoms with Gasteiger partial charge in [0, 0.05) is 39.6 Å². The zero-order valence-electron chi connectivity index (χ0n) is 12.6. The van der Waals surface area contributed by atoms with Crippen molar-refractivity contribution in [3.8, 4) is 0 Å². The molecule has 118 valence electrons. The zero-order chi connectivity index (χ0) is 15.8. The molecule has 0 amide bonds. The number of benzene rings is 1. The lowest BCUT2D eigenvalue weighted by Gasteiger charge is -2.24. The van der Waals surface area contributed by atoms with Gasteiger partial charge in [-0.15, -0.1) is 11.3 Å². The largest absolute Gasteiger partial charge is 0.333 e. The van der Waals surface area contributed by atoms with E-state index in [4.69, 9.17) is 0 Å². The fraction of sp³-hybridized carbons (Fsp3) is 0.278. The minimum atomic E-state index is 0.0776. The zero-order valence-corrected chi connectivity index (χ0v) is 15.0. The van der Waals surface area contributed by atoms with E-state index in [0.717, 1.165) is 28.6 Å². The van der Waals surface area contributed by atoms with Gasteiger partial charge >= 0.3 is 0 Å². The normalized spacial score (nSPS) is 14.7. The monoisotopic (exact) mass is 388 g/mol. The highest BCUT2D eigenvalue weighted by molar-refractivity contribution is 9.10. The average Bonchev–Trinajstić information content (AvgIpc) is 3.27. The van der Waals surface area contributed by atoms with E-state index in [0.29, 0.717) is 6.04 Å². The molecular weight excluding hydrogens is 372 g/mol. The molecule has 0 spiro atoms. The van der Waals surface area contributed by atoms with Crippen molar-refractivity contribution in [2.24, 2.45) is 0 Å². The maximum atomic E-state index is 12.1. The van der Waals surface area contributed by atoms with Gasteiger partial charge in [-0.1, -0.05) is 12.1 Å². The number of aromatic nitrogens is 1. The van der Waals surface area contributed by atoms with Crippen LogP contribution in [0.4, 0.5) is 0 Å². The first-order chi connectivity index (χ1) is 11.2. The Kier molecular flexibility index (Phi) is 4.09. The molecule has 0 radical (unpaired) electrons. The Bertz CT molecular complexity index is 884. The number of halogens is 1. The van der Waals surface area contributed by atoms with Crippen LogP contribution in [0.1, 0.15) is 17.7 Å². The van der Waals surface area contributed by atoms with E-state index in [1.807, 2.05) is 24.4 Å². The van der Waals surface area contributed by atoms with Crippen LogP contribution in [0.25, 0.3) is 10.9 Å². The number of hydrogen-bond acceptors (Lipinski definition) is 3. The quantitative estimate of drug-likeness (QED) is 0.644. The molecule has 23 heavy (non-hydrogen) atoms. The van der Waals surface area contributed by atoms with Crippen LogP contribution in [0.3, 0.4) is 0 Å². The predicted molar refractivity (Wildman–Crippen MR) is 98.8 cm³/mol. The van der Waals surface area contributed by atoms with Crippen molar-refractivity contribution in [2.45, 2.75) is 32.1 Å². The maximum Gasteiger partial charge on any atom is 0.189 e. The van der Waals surface area contributed by atoms with Crippen molar-refractivity contribution < 1.29 is 0 Å². The van der Waals surface area contributed by atoms with E-state index in [9.17, 15) is 4.79 Å².